The lowest BCUT2D eigenvalue weighted by Gasteiger charge is -2.20. The Kier molecular flexibility index (Phi) is 7.05. The molecule has 108 valence electrons. The highest BCUT2D eigenvalue weighted by atomic mass is 32.1. The van der Waals surface area contributed by atoms with Crippen LogP contribution in [0.3, 0.4) is 0 Å². The Labute approximate surface area is 119 Å². The second-order valence-corrected chi connectivity index (χ2v) is 5.71. The van der Waals surface area contributed by atoms with Gasteiger partial charge in [-0.3, -0.25) is 5.32 Å². The zero-order chi connectivity index (χ0) is 14.3. The Morgan fingerprint density at radius 2 is 2.11 bits per heavy atom. The van der Waals surface area contributed by atoms with Crippen molar-refractivity contribution in [2.24, 2.45) is 0 Å². The number of methoxy groups -OCH3 is 1. The molecule has 0 amide bonds. The monoisotopic (exact) mass is 284 g/mol. The smallest absolute Gasteiger partial charge is 0.328 e. The van der Waals surface area contributed by atoms with E-state index in [4.69, 9.17) is 4.74 Å². The van der Waals surface area contributed by atoms with Crippen LogP contribution in [-0.2, 0) is 9.53 Å². The molecule has 4 nitrogen and oxygen atoms in total. The molecule has 0 aromatic carbocycles. The number of carbonyl (C=O) groups excluding carboxylic acids is 1. The van der Waals surface area contributed by atoms with Gasteiger partial charge in [-0.15, -0.1) is 11.3 Å². The zero-order valence-electron chi connectivity index (χ0n) is 12.2. The van der Waals surface area contributed by atoms with Gasteiger partial charge < -0.3 is 9.64 Å². The molecule has 0 fully saturated rings. The van der Waals surface area contributed by atoms with Gasteiger partial charge in [0.2, 0.25) is 0 Å². The van der Waals surface area contributed by atoms with E-state index >= 15 is 0 Å². The third-order valence-corrected chi connectivity index (χ3v) is 4.22. The maximum Gasteiger partial charge on any atom is 0.328 e. The fraction of sp³-hybridized carbons (Fsp3) is 0.643. The summed E-state index contributed by atoms with van der Waals surface area (Å²) >= 11 is 1.63. The summed E-state index contributed by atoms with van der Waals surface area (Å²) in [6.07, 6.45) is 0. The van der Waals surface area contributed by atoms with Crippen LogP contribution in [0.15, 0.2) is 12.1 Å². The molecular weight excluding hydrogens is 260 g/mol. The first-order chi connectivity index (χ1) is 9.12. The van der Waals surface area contributed by atoms with Gasteiger partial charge >= 0.3 is 5.97 Å². The molecule has 1 heterocycles. The highest BCUT2D eigenvalue weighted by Crippen LogP contribution is 2.23. The molecule has 5 heteroatoms. The van der Waals surface area contributed by atoms with Crippen molar-refractivity contribution < 1.29 is 9.53 Å². The van der Waals surface area contributed by atoms with Gasteiger partial charge in [0.1, 0.15) is 6.04 Å². The van der Waals surface area contributed by atoms with Crippen molar-refractivity contribution in [3.8, 4) is 0 Å². The van der Waals surface area contributed by atoms with Gasteiger partial charge in [0.05, 0.1) is 7.11 Å². The highest BCUT2D eigenvalue weighted by molar-refractivity contribution is 7.12. The summed E-state index contributed by atoms with van der Waals surface area (Å²) in [6, 6.07) is 3.67. The third-order valence-electron chi connectivity index (χ3n) is 3.15. The number of aryl methyl sites for hydroxylation is 1. The molecule has 1 atom stereocenters. The van der Waals surface area contributed by atoms with E-state index in [1.807, 2.05) is 19.1 Å². The molecule has 1 unspecified atom stereocenters. The van der Waals surface area contributed by atoms with Crippen molar-refractivity contribution in [3.05, 3.63) is 21.9 Å². The lowest BCUT2D eigenvalue weighted by atomic mass is 10.2. The molecule has 0 aliphatic heterocycles. The minimum atomic E-state index is -0.348. The largest absolute Gasteiger partial charge is 0.468 e. The Hall–Kier alpha value is -0.910. The van der Waals surface area contributed by atoms with Gasteiger partial charge in [-0.05, 0) is 32.1 Å². The van der Waals surface area contributed by atoms with Crippen LogP contribution in [-0.4, -0.2) is 44.2 Å². The van der Waals surface area contributed by atoms with E-state index in [1.165, 1.54) is 12.0 Å². The number of likely N-dealkylation sites (N-methyl/N-ethyl adjacent to an activating group) is 1. The average molecular weight is 284 g/mol. The normalized spacial score (nSPS) is 12.7. The van der Waals surface area contributed by atoms with Crippen molar-refractivity contribution in [2.75, 3.05) is 33.3 Å². The quantitative estimate of drug-likeness (QED) is 0.743. The van der Waals surface area contributed by atoms with E-state index < -0.39 is 0 Å². The van der Waals surface area contributed by atoms with Crippen LogP contribution in [0.2, 0.25) is 0 Å². The minimum absolute atomic E-state index is 0.221. The SMILES string of the molecule is CCN(CC)CCNC(C(=O)OC)c1ccc(C)s1. The Bertz CT molecular complexity index is 389. The molecule has 0 radical (unpaired) electrons. The fourth-order valence-corrected chi connectivity index (χ4v) is 2.87. The molecule has 1 aromatic heterocycles. The summed E-state index contributed by atoms with van der Waals surface area (Å²) < 4.78 is 4.88. The van der Waals surface area contributed by atoms with Gasteiger partial charge in [-0.25, -0.2) is 4.79 Å². The summed E-state index contributed by atoms with van der Waals surface area (Å²) in [5, 5.41) is 3.29. The van der Waals surface area contributed by atoms with E-state index in [0.717, 1.165) is 31.1 Å². The van der Waals surface area contributed by atoms with Crippen LogP contribution >= 0.6 is 11.3 Å². The van der Waals surface area contributed by atoms with Crippen LogP contribution in [0.4, 0.5) is 0 Å². The number of rotatable bonds is 8. The van der Waals surface area contributed by atoms with Crippen LogP contribution < -0.4 is 5.32 Å². The third kappa shape index (κ3) is 4.93. The predicted molar refractivity (Wildman–Crippen MR) is 79.6 cm³/mol. The van der Waals surface area contributed by atoms with Crippen molar-refractivity contribution in [1.29, 1.82) is 0 Å². The number of nitrogens with one attached hydrogen (secondary N) is 1. The zero-order valence-corrected chi connectivity index (χ0v) is 13.0. The van der Waals surface area contributed by atoms with E-state index in [1.54, 1.807) is 11.3 Å². The number of carbonyl (C=O) groups is 1. The van der Waals surface area contributed by atoms with E-state index in [9.17, 15) is 4.79 Å². The van der Waals surface area contributed by atoms with Gasteiger partial charge in [-0.2, -0.15) is 0 Å². The summed E-state index contributed by atoms with van der Waals surface area (Å²) in [6.45, 7) is 10.1. The van der Waals surface area contributed by atoms with E-state index in [-0.39, 0.29) is 12.0 Å². The molecule has 1 rings (SSSR count). The molecule has 1 N–H and O–H groups in total. The van der Waals surface area contributed by atoms with E-state index in [2.05, 4.69) is 24.1 Å². The number of hydrogen-bond acceptors (Lipinski definition) is 5. The van der Waals surface area contributed by atoms with Crippen LogP contribution in [0, 0.1) is 6.92 Å². The first kappa shape index (κ1) is 16.1. The number of nitrogens with zero attached hydrogens (tertiary/aromatic N) is 1. The van der Waals surface area contributed by atoms with E-state index in [0.29, 0.717) is 0 Å². The molecule has 0 saturated carbocycles. The predicted octanol–water partition coefficient (Wildman–Crippen LogP) is 2.20. The summed E-state index contributed by atoms with van der Waals surface area (Å²) in [5.41, 5.74) is 0. The Morgan fingerprint density at radius 3 is 2.58 bits per heavy atom. The van der Waals surface area contributed by atoms with Crippen LogP contribution in [0.25, 0.3) is 0 Å². The first-order valence-corrected chi connectivity index (χ1v) is 7.53. The fourth-order valence-electron chi connectivity index (χ4n) is 1.93. The lowest BCUT2D eigenvalue weighted by molar-refractivity contribution is -0.143. The summed E-state index contributed by atoms with van der Waals surface area (Å²) in [7, 11) is 1.43. The molecule has 1 aromatic rings. The van der Waals surface area contributed by atoms with Crippen LogP contribution in [0.1, 0.15) is 29.6 Å². The number of hydrogen-bond donors (Lipinski definition) is 1. The topological polar surface area (TPSA) is 41.6 Å². The number of thiophene rings is 1. The molecule has 0 bridgehead atoms. The molecular formula is C14H24N2O2S. The second-order valence-electron chi connectivity index (χ2n) is 4.39. The standard InChI is InChI=1S/C14H24N2O2S/c1-5-16(6-2)10-9-15-13(14(17)18-4)12-8-7-11(3)19-12/h7-8,13,15H,5-6,9-10H2,1-4H3. The first-order valence-electron chi connectivity index (χ1n) is 6.72. The van der Waals surface area contributed by atoms with Gasteiger partial charge in [0, 0.05) is 22.8 Å². The maximum atomic E-state index is 11.8. The molecule has 0 aliphatic rings. The van der Waals surface area contributed by atoms with Gasteiger partial charge in [0.25, 0.3) is 0 Å². The molecule has 0 spiro atoms. The molecule has 19 heavy (non-hydrogen) atoms. The summed E-state index contributed by atoms with van der Waals surface area (Å²) in [4.78, 5) is 16.4. The maximum absolute atomic E-state index is 11.8. The van der Waals surface area contributed by atoms with Crippen LogP contribution in [0.5, 0.6) is 0 Å². The van der Waals surface area contributed by atoms with Gasteiger partial charge in [-0.1, -0.05) is 13.8 Å². The lowest BCUT2D eigenvalue weighted by Crippen LogP contribution is -2.36. The van der Waals surface area contributed by atoms with Crippen molar-refractivity contribution in [2.45, 2.75) is 26.8 Å². The molecule has 0 saturated heterocycles. The highest BCUT2D eigenvalue weighted by Gasteiger charge is 2.22. The number of ether oxygens (including phenoxy) is 1. The van der Waals surface area contributed by atoms with Crippen molar-refractivity contribution in [3.63, 3.8) is 0 Å². The van der Waals surface area contributed by atoms with Crippen molar-refractivity contribution >= 4 is 17.3 Å². The Balaban J connectivity index is 2.59. The van der Waals surface area contributed by atoms with Gasteiger partial charge in [0.15, 0.2) is 0 Å². The van der Waals surface area contributed by atoms with Crippen molar-refractivity contribution in [1.82, 2.24) is 10.2 Å². The molecule has 0 aliphatic carbocycles. The minimum Gasteiger partial charge on any atom is -0.468 e. The second kappa shape index (κ2) is 8.30. The summed E-state index contributed by atoms with van der Waals surface area (Å²) in [5.74, 6) is -0.221. The average Bonchev–Trinajstić information content (AvgIpc) is 2.84. The number of esters is 1. The Morgan fingerprint density at radius 1 is 1.42 bits per heavy atom.